The first-order chi connectivity index (χ1) is 8.69. The molecule has 0 amide bonds. The van der Waals surface area contributed by atoms with Crippen LogP contribution in [0.5, 0.6) is 0 Å². The average Bonchev–Trinajstić information content (AvgIpc) is 2.96. The number of hydrogen-bond donors (Lipinski definition) is 1. The number of nitrogens with zero attached hydrogens (tertiary/aromatic N) is 5. The van der Waals surface area contributed by atoms with Gasteiger partial charge < -0.3 is 5.32 Å². The third-order valence-electron chi connectivity index (χ3n) is 2.71. The summed E-state index contributed by atoms with van der Waals surface area (Å²) in [5, 5.41) is 11.9. The maximum Gasteiger partial charge on any atom is 0.141 e. The van der Waals surface area contributed by atoms with Crippen LogP contribution in [0.2, 0.25) is 0 Å². The highest BCUT2D eigenvalue weighted by Crippen LogP contribution is 2.03. The quantitative estimate of drug-likeness (QED) is 0.830. The molecule has 0 atom stereocenters. The van der Waals surface area contributed by atoms with Crippen LogP contribution < -0.4 is 5.32 Å². The summed E-state index contributed by atoms with van der Waals surface area (Å²) in [6, 6.07) is 0.443. The van der Waals surface area contributed by atoms with Gasteiger partial charge in [-0.05, 0) is 6.92 Å². The predicted octanol–water partition coefficient (Wildman–Crippen LogP) is 1.04. The van der Waals surface area contributed by atoms with Gasteiger partial charge in [0.05, 0.1) is 19.3 Å². The molecule has 0 spiro atoms. The van der Waals surface area contributed by atoms with Crippen molar-refractivity contribution in [3.8, 4) is 0 Å². The fourth-order valence-corrected chi connectivity index (χ4v) is 1.69. The molecule has 2 heterocycles. The molecule has 1 N–H and O–H groups in total. The van der Waals surface area contributed by atoms with Crippen LogP contribution >= 0.6 is 0 Å². The minimum absolute atomic E-state index is 0.443. The first kappa shape index (κ1) is 12.8. The highest BCUT2D eigenvalue weighted by molar-refractivity contribution is 5.05. The van der Waals surface area contributed by atoms with E-state index in [1.165, 1.54) is 0 Å². The fraction of sp³-hybridized carbons (Fsp3) is 0.583. The number of nitrogens with one attached hydrogen (secondary N) is 1. The lowest BCUT2D eigenvalue weighted by atomic mass is 10.3. The smallest absolute Gasteiger partial charge is 0.141 e. The first-order valence-corrected chi connectivity index (χ1v) is 6.30. The zero-order valence-electron chi connectivity index (χ0n) is 11.2. The second-order valence-corrected chi connectivity index (χ2v) is 4.57. The van der Waals surface area contributed by atoms with Crippen molar-refractivity contribution in [2.24, 2.45) is 0 Å². The third kappa shape index (κ3) is 3.16. The van der Waals surface area contributed by atoms with Crippen molar-refractivity contribution in [2.75, 3.05) is 0 Å². The van der Waals surface area contributed by atoms with E-state index in [4.69, 9.17) is 0 Å². The van der Waals surface area contributed by atoms with E-state index in [1.807, 2.05) is 21.8 Å². The Labute approximate surface area is 107 Å². The lowest BCUT2D eigenvalue weighted by Gasteiger charge is -2.08. The van der Waals surface area contributed by atoms with Gasteiger partial charge in [0.2, 0.25) is 0 Å². The van der Waals surface area contributed by atoms with Gasteiger partial charge in [-0.2, -0.15) is 10.2 Å². The lowest BCUT2D eigenvalue weighted by Crippen LogP contribution is -2.24. The Morgan fingerprint density at radius 2 is 2.17 bits per heavy atom. The van der Waals surface area contributed by atoms with Crippen LogP contribution in [0.15, 0.2) is 18.7 Å². The van der Waals surface area contributed by atoms with E-state index in [1.54, 1.807) is 6.33 Å². The second-order valence-electron chi connectivity index (χ2n) is 4.57. The summed E-state index contributed by atoms with van der Waals surface area (Å²) in [5.74, 6) is 0.952. The van der Waals surface area contributed by atoms with E-state index in [9.17, 15) is 0 Å². The van der Waals surface area contributed by atoms with Gasteiger partial charge in [0.15, 0.2) is 0 Å². The minimum atomic E-state index is 0.443. The Kier molecular flexibility index (Phi) is 4.09. The molecular formula is C12H20N6. The molecule has 6 heteroatoms. The van der Waals surface area contributed by atoms with Crippen molar-refractivity contribution in [1.82, 2.24) is 29.9 Å². The summed E-state index contributed by atoms with van der Waals surface area (Å²) in [7, 11) is 0. The molecule has 18 heavy (non-hydrogen) atoms. The number of aromatic nitrogens is 5. The highest BCUT2D eigenvalue weighted by atomic mass is 15.3. The standard InChI is InChI=1S/C12H20N6/c1-4-17-7-11(5-15-17)8-18-12(14-9-16-18)6-13-10(2)3/h5,7,9-10,13H,4,6,8H2,1-3H3. The van der Waals surface area contributed by atoms with Crippen LogP contribution in [-0.4, -0.2) is 30.6 Å². The molecule has 2 aromatic rings. The van der Waals surface area contributed by atoms with E-state index in [2.05, 4.69) is 41.3 Å². The van der Waals surface area contributed by atoms with Gasteiger partial charge in [-0.25, -0.2) is 9.67 Å². The maximum absolute atomic E-state index is 4.27. The van der Waals surface area contributed by atoms with Gasteiger partial charge in [-0.15, -0.1) is 0 Å². The molecule has 0 unspecified atom stereocenters. The Bertz CT molecular complexity index is 484. The summed E-state index contributed by atoms with van der Waals surface area (Å²) in [6.45, 7) is 8.65. The molecule has 0 aliphatic carbocycles. The van der Waals surface area contributed by atoms with E-state index in [0.29, 0.717) is 6.04 Å². The molecule has 0 fully saturated rings. The van der Waals surface area contributed by atoms with Crippen LogP contribution in [0.1, 0.15) is 32.2 Å². The van der Waals surface area contributed by atoms with Crippen LogP contribution in [0.3, 0.4) is 0 Å². The van der Waals surface area contributed by atoms with Gasteiger partial charge >= 0.3 is 0 Å². The van der Waals surface area contributed by atoms with Gasteiger partial charge in [0.25, 0.3) is 0 Å². The molecular weight excluding hydrogens is 228 g/mol. The van der Waals surface area contributed by atoms with Crippen LogP contribution in [0.4, 0.5) is 0 Å². The van der Waals surface area contributed by atoms with Gasteiger partial charge in [-0.1, -0.05) is 13.8 Å². The molecule has 6 nitrogen and oxygen atoms in total. The summed E-state index contributed by atoms with van der Waals surface area (Å²) >= 11 is 0. The maximum atomic E-state index is 4.27. The molecule has 0 aliphatic heterocycles. The lowest BCUT2D eigenvalue weighted by molar-refractivity contribution is 0.538. The van der Waals surface area contributed by atoms with E-state index < -0.39 is 0 Å². The Balaban J connectivity index is 2.02. The summed E-state index contributed by atoms with van der Waals surface area (Å²) in [4.78, 5) is 4.27. The number of hydrogen-bond acceptors (Lipinski definition) is 4. The number of rotatable bonds is 6. The normalized spacial score (nSPS) is 11.3. The fourth-order valence-electron chi connectivity index (χ4n) is 1.69. The molecule has 98 valence electrons. The highest BCUT2D eigenvalue weighted by Gasteiger charge is 2.06. The van der Waals surface area contributed by atoms with Crippen molar-refractivity contribution >= 4 is 0 Å². The molecule has 0 saturated heterocycles. The monoisotopic (exact) mass is 248 g/mol. The van der Waals surface area contributed by atoms with Crippen LogP contribution in [0.25, 0.3) is 0 Å². The largest absolute Gasteiger partial charge is 0.308 e. The molecule has 2 aromatic heterocycles. The van der Waals surface area contributed by atoms with Gasteiger partial charge in [-0.3, -0.25) is 4.68 Å². The average molecular weight is 248 g/mol. The summed E-state index contributed by atoms with van der Waals surface area (Å²) in [6.07, 6.45) is 5.52. The first-order valence-electron chi connectivity index (χ1n) is 6.30. The van der Waals surface area contributed by atoms with Crippen molar-refractivity contribution in [3.05, 3.63) is 30.1 Å². The van der Waals surface area contributed by atoms with Crippen molar-refractivity contribution in [1.29, 1.82) is 0 Å². The zero-order valence-corrected chi connectivity index (χ0v) is 11.2. The minimum Gasteiger partial charge on any atom is -0.308 e. The van der Waals surface area contributed by atoms with Gasteiger partial charge in [0.1, 0.15) is 12.2 Å². The van der Waals surface area contributed by atoms with E-state index in [-0.39, 0.29) is 0 Å². The van der Waals surface area contributed by atoms with Crippen molar-refractivity contribution in [3.63, 3.8) is 0 Å². The molecule has 0 saturated carbocycles. The zero-order chi connectivity index (χ0) is 13.0. The van der Waals surface area contributed by atoms with Crippen molar-refractivity contribution in [2.45, 2.75) is 46.4 Å². The van der Waals surface area contributed by atoms with E-state index in [0.717, 1.165) is 31.0 Å². The SMILES string of the molecule is CCn1cc(Cn2ncnc2CNC(C)C)cn1. The topological polar surface area (TPSA) is 60.6 Å². The van der Waals surface area contributed by atoms with Crippen LogP contribution in [0, 0.1) is 0 Å². The molecule has 0 aliphatic rings. The molecule has 0 aromatic carbocycles. The van der Waals surface area contributed by atoms with Gasteiger partial charge in [0, 0.05) is 24.3 Å². The second kappa shape index (κ2) is 5.77. The van der Waals surface area contributed by atoms with E-state index >= 15 is 0 Å². The van der Waals surface area contributed by atoms with Crippen molar-refractivity contribution < 1.29 is 0 Å². The molecule has 0 radical (unpaired) electrons. The summed E-state index contributed by atoms with van der Waals surface area (Å²) < 4.78 is 3.82. The Morgan fingerprint density at radius 1 is 1.33 bits per heavy atom. The number of aryl methyl sites for hydroxylation is 1. The Morgan fingerprint density at radius 3 is 2.83 bits per heavy atom. The Hall–Kier alpha value is -1.69. The van der Waals surface area contributed by atoms with Crippen LogP contribution in [-0.2, 0) is 19.6 Å². The third-order valence-corrected chi connectivity index (χ3v) is 2.71. The molecule has 0 bridgehead atoms. The summed E-state index contributed by atoms with van der Waals surface area (Å²) in [5.41, 5.74) is 1.15. The predicted molar refractivity (Wildman–Crippen MR) is 69.0 cm³/mol. The molecule has 2 rings (SSSR count).